The highest BCUT2D eigenvalue weighted by molar-refractivity contribution is 9.11. The summed E-state index contributed by atoms with van der Waals surface area (Å²) in [4.78, 5) is 14.6. The van der Waals surface area contributed by atoms with Gasteiger partial charge in [-0.05, 0) is 48.0 Å². The lowest BCUT2D eigenvalue weighted by atomic mass is 10.2. The fourth-order valence-corrected chi connectivity index (χ4v) is 3.84. The maximum absolute atomic E-state index is 11.9. The highest BCUT2D eigenvalue weighted by Crippen LogP contribution is 2.21. The standard InChI is InChI=1S/C13H14BrNOS2/c1-8(5-11-4-3-9(2)18-11)15-13(16)10-6-12(14)17-7-10/h3-4,6-8H,5H2,1-2H3,(H,15,16). The Morgan fingerprint density at radius 3 is 2.83 bits per heavy atom. The van der Waals surface area contributed by atoms with E-state index in [-0.39, 0.29) is 11.9 Å². The molecule has 0 radical (unpaired) electrons. The van der Waals surface area contributed by atoms with Gasteiger partial charge in [0.05, 0.1) is 9.35 Å². The fraction of sp³-hybridized carbons (Fsp3) is 0.308. The van der Waals surface area contributed by atoms with E-state index in [0.29, 0.717) is 0 Å². The van der Waals surface area contributed by atoms with Crippen molar-refractivity contribution in [2.24, 2.45) is 0 Å². The first-order chi connectivity index (χ1) is 8.54. The average Bonchev–Trinajstić information content (AvgIpc) is 2.87. The third kappa shape index (κ3) is 3.67. The van der Waals surface area contributed by atoms with E-state index in [1.54, 1.807) is 11.3 Å². The minimum absolute atomic E-state index is 0.00210. The van der Waals surface area contributed by atoms with Crippen molar-refractivity contribution in [1.29, 1.82) is 0 Å². The number of nitrogens with one attached hydrogen (secondary N) is 1. The Morgan fingerprint density at radius 2 is 2.28 bits per heavy atom. The van der Waals surface area contributed by atoms with E-state index in [0.717, 1.165) is 15.8 Å². The second-order valence-corrected chi connectivity index (χ2v) is 7.89. The molecule has 0 aliphatic heterocycles. The summed E-state index contributed by atoms with van der Waals surface area (Å²) in [5.41, 5.74) is 0.723. The van der Waals surface area contributed by atoms with Gasteiger partial charge in [-0.1, -0.05) is 0 Å². The van der Waals surface area contributed by atoms with E-state index in [1.165, 1.54) is 21.1 Å². The molecule has 1 unspecified atom stereocenters. The van der Waals surface area contributed by atoms with Gasteiger partial charge in [0, 0.05) is 27.6 Å². The van der Waals surface area contributed by atoms with Gasteiger partial charge in [-0.25, -0.2) is 0 Å². The zero-order valence-corrected chi connectivity index (χ0v) is 13.4. The fourth-order valence-electron chi connectivity index (χ4n) is 1.68. The number of carbonyl (C=O) groups excluding carboxylic acids is 1. The molecule has 18 heavy (non-hydrogen) atoms. The molecule has 0 fully saturated rings. The van der Waals surface area contributed by atoms with Crippen LogP contribution in [0.1, 0.15) is 27.0 Å². The average molecular weight is 344 g/mol. The normalized spacial score (nSPS) is 12.4. The van der Waals surface area contributed by atoms with Crippen molar-refractivity contribution in [3.63, 3.8) is 0 Å². The smallest absolute Gasteiger partial charge is 0.252 e. The summed E-state index contributed by atoms with van der Waals surface area (Å²) in [6.45, 7) is 4.13. The van der Waals surface area contributed by atoms with Crippen molar-refractivity contribution in [2.75, 3.05) is 0 Å². The molecule has 2 aromatic rings. The van der Waals surface area contributed by atoms with Crippen LogP contribution in [0.25, 0.3) is 0 Å². The SMILES string of the molecule is Cc1ccc(CC(C)NC(=O)c2csc(Br)c2)s1. The maximum Gasteiger partial charge on any atom is 0.252 e. The van der Waals surface area contributed by atoms with Gasteiger partial charge in [0.25, 0.3) is 5.91 Å². The van der Waals surface area contributed by atoms with Crippen LogP contribution < -0.4 is 5.32 Å². The monoisotopic (exact) mass is 343 g/mol. The zero-order valence-electron chi connectivity index (χ0n) is 10.2. The summed E-state index contributed by atoms with van der Waals surface area (Å²) >= 11 is 6.67. The molecular formula is C13H14BrNOS2. The molecule has 2 rings (SSSR count). The Hall–Kier alpha value is -0.650. The van der Waals surface area contributed by atoms with Crippen LogP contribution in [0, 0.1) is 6.92 Å². The van der Waals surface area contributed by atoms with Gasteiger partial charge in [0.1, 0.15) is 0 Å². The van der Waals surface area contributed by atoms with Crippen LogP contribution in [0.15, 0.2) is 27.4 Å². The predicted octanol–water partition coefficient (Wildman–Crippen LogP) is 4.24. The molecule has 1 amide bonds. The minimum atomic E-state index is -0.00210. The molecule has 0 aromatic carbocycles. The van der Waals surface area contributed by atoms with Crippen LogP contribution in [-0.2, 0) is 6.42 Å². The van der Waals surface area contributed by atoms with Crippen molar-refractivity contribution in [1.82, 2.24) is 5.32 Å². The third-order valence-electron chi connectivity index (χ3n) is 2.51. The molecule has 1 N–H and O–H groups in total. The Labute approximate surface area is 123 Å². The molecule has 0 aliphatic rings. The zero-order chi connectivity index (χ0) is 13.1. The molecular weight excluding hydrogens is 330 g/mol. The van der Waals surface area contributed by atoms with E-state index in [2.05, 4.69) is 40.3 Å². The number of rotatable bonds is 4. The number of aryl methyl sites for hydroxylation is 1. The Balaban J connectivity index is 1.91. The molecule has 1 atom stereocenters. The first-order valence-corrected chi connectivity index (χ1v) is 8.13. The Morgan fingerprint density at radius 1 is 1.50 bits per heavy atom. The van der Waals surface area contributed by atoms with Gasteiger partial charge in [0.15, 0.2) is 0 Å². The van der Waals surface area contributed by atoms with Crippen LogP contribution in [-0.4, -0.2) is 11.9 Å². The molecule has 2 nitrogen and oxygen atoms in total. The lowest BCUT2D eigenvalue weighted by molar-refractivity contribution is 0.0940. The van der Waals surface area contributed by atoms with E-state index in [9.17, 15) is 4.79 Å². The van der Waals surface area contributed by atoms with Crippen molar-refractivity contribution >= 4 is 44.5 Å². The molecule has 0 saturated heterocycles. The number of carbonyl (C=O) groups is 1. The van der Waals surface area contributed by atoms with Crippen LogP contribution >= 0.6 is 38.6 Å². The summed E-state index contributed by atoms with van der Waals surface area (Å²) in [7, 11) is 0. The van der Waals surface area contributed by atoms with E-state index < -0.39 is 0 Å². The van der Waals surface area contributed by atoms with Gasteiger partial charge in [0.2, 0.25) is 0 Å². The molecule has 0 aliphatic carbocycles. The Kier molecular flexibility index (Phi) is 4.59. The molecule has 0 bridgehead atoms. The number of halogens is 1. The first kappa shape index (κ1) is 13.8. The summed E-state index contributed by atoms with van der Waals surface area (Å²) in [5, 5.41) is 4.88. The molecule has 0 saturated carbocycles. The highest BCUT2D eigenvalue weighted by atomic mass is 79.9. The van der Waals surface area contributed by atoms with Gasteiger partial charge in [-0.2, -0.15) is 0 Å². The van der Waals surface area contributed by atoms with Crippen molar-refractivity contribution in [3.05, 3.63) is 42.7 Å². The maximum atomic E-state index is 11.9. The Bertz CT molecular complexity index is 547. The largest absolute Gasteiger partial charge is 0.349 e. The quantitative estimate of drug-likeness (QED) is 0.883. The van der Waals surface area contributed by atoms with Gasteiger partial charge in [-0.15, -0.1) is 22.7 Å². The number of hydrogen-bond donors (Lipinski definition) is 1. The van der Waals surface area contributed by atoms with Crippen LogP contribution in [0.2, 0.25) is 0 Å². The van der Waals surface area contributed by atoms with Crippen LogP contribution in [0.4, 0.5) is 0 Å². The summed E-state index contributed by atoms with van der Waals surface area (Å²) in [6.07, 6.45) is 0.884. The molecule has 2 aromatic heterocycles. The summed E-state index contributed by atoms with van der Waals surface area (Å²) < 4.78 is 0.981. The molecule has 0 spiro atoms. The van der Waals surface area contributed by atoms with Crippen LogP contribution in [0.5, 0.6) is 0 Å². The van der Waals surface area contributed by atoms with Crippen molar-refractivity contribution in [3.8, 4) is 0 Å². The predicted molar refractivity (Wildman–Crippen MR) is 81.7 cm³/mol. The van der Waals surface area contributed by atoms with Crippen molar-refractivity contribution < 1.29 is 4.79 Å². The number of thiophene rings is 2. The summed E-state index contributed by atoms with van der Waals surface area (Å²) in [5.74, 6) is -0.00210. The lowest BCUT2D eigenvalue weighted by Gasteiger charge is -2.12. The lowest BCUT2D eigenvalue weighted by Crippen LogP contribution is -2.33. The minimum Gasteiger partial charge on any atom is -0.349 e. The van der Waals surface area contributed by atoms with Crippen molar-refractivity contribution in [2.45, 2.75) is 26.3 Å². The second-order valence-electron chi connectivity index (χ2n) is 4.23. The van der Waals surface area contributed by atoms with E-state index >= 15 is 0 Å². The van der Waals surface area contributed by atoms with Gasteiger partial charge >= 0.3 is 0 Å². The van der Waals surface area contributed by atoms with E-state index in [1.807, 2.05) is 18.4 Å². The molecule has 96 valence electrons. The van der Waals surface area contributed by atoms with Gasteiger partial charge in [-0.3, -0.25) is 4.79 Å². The molecule has 5 heteroatoms. The van der Waals surface area contributed by atoms with Crippen LogP contribution in [0.3, 0.4) is 0 Å². The topological polar surface area (TPSA) is 29.1 Å². The van der Waals surface area contributed by atoms with Gasteiger partial charge < -0.3 is 5.32 Å². The first-order valence-electron chi connectivity index (χ1n) is 5.65. The molecule has 2 heterocycles. The number of amides is 1. The third-order valence-corrected chi connectivity index (χ3v) is 5.04. The highest BCUT2D eigenvalue weighted by Gasteiger charge is 2.12. The summed E-state index contributed by atoms with van der Waals surface area (Å²) in [6, 6.07) is 6.24. The second kappa shape index (κ2) is 5.99. The number of hydrogen-bond acceptors (Lipinski definition) is 3. The van der Waals surface area contributed by atoms with E-state index in [4.69, 9.17) is 0 Å².